The van der Waals surface area contributed by atoms with Crippen molar-refractivity contribution in [3.05, 3.63) is 36.5 Å². The number of rotatable bonds is 70. The lowest BCUT2D eigenvalue weighted by molar-refractivity contribution is -0.167. The van der Waals surface area contributed by atoms with Crippen LogP contribution in [0.4, 0.5) is 0 Å². The van der Waals surface area contributed by atoms with Crippen LogP contribution in [0.25, 0.3) is 0 Å². The van der Waals surface area contributed by atoms with Gasteiger partial charge in [-0.25, -0.2) is 0 Å². The van der Waals surface area contributed by atoms with Gasteiger partial charge in [0.2, 0.25) is 0 Å². The molecule has 0 radical (unpaired) electrons. The highest BCUT2D eigenvalue weighted by Gasteiger charge is 2.20. The van der Waals surface area contributed by atoms with Gasteiger partial charge in [0, 0.05) is 19.3 Å². The topological polar surface area (TPSA) is 78.9 Å². The van der Waals surface area contributed by atoms with E-state index in [2.05, 4.69) is 57.2 Å². The maximum absolute atomic E-state index is 12.9. The van der Waals surface area contributed by atoms with E-state index in [4.69, 9.17) is 14.2 Å². The zero-order valence-corrected chi connectivity index (χ0v) is 56.2. The molecule has 0 saturated heterocycles. The van der Waals surface area contributed by atoms with Gasteiger partial charge in [-0.1, -0.05) is 359 Å². The van der Waals surface area contributed by atoms with Crippen molar-refractivity contribution < 1.29 is 28.6 Å². The second-order valence-corrected chi connectivity index (χ2v) is 25.6. The minimum absolute atomic E-state index is 0.0719. The predicted octanol–water partition coefficient (Wildman–Crippen LogP) is 25.9. The van der Waals surface area contributed by atoms with Crippen LogP contribution in [0.2, 0.25) is 0 Å². The molecule has 488 valence electrons. The molecule has 0 aromatic heterocycles. The molecular formula is C77H144O6. The molecule has 0 aliphatic heterocycles. The van der Waals surface area contributed by atoms with Crippen molar-refractivity contribution >= 4 is 17.9 Å². The van der Waals surface area contributed by atoms with Gasteiger partial charge in [-0.2, -0.15) is 0 Å². The van der Waals surface area contributed by atoms with Gasteiger partial charge >= 0.3 is 17.9 Å². The zero-order valence-electron chi connectivity index (χ0n) is 56.2. The molecular weight excluding hydrogens is 1020 g/mol. The molecule has 0 bridgehead atoms. The molecule has 83 heavy (non-hydrogen) atoms. The number of allylic oxidation sites excluding steroid dienone is 6. The van der Waals surface area contributed by atoms with Crippen LogP contribution >= 0.6 is 0 Å². The molecule has 0 aliphatic carbocycles. The van der Waals surface area contributed by atoms with Crippen molar-refractivity contribution in [1.29, 1.82) is 0 Å². The Balaban J connectivity index is 4.07. The van der Waals surface area contributed by atoms with Crippen LogP contribution in [0.3, 0.4) is 0 Å². The van der Waals surface area contributed by atoms with Crippen molar-refractivity contribution in [3.8, 4) is 0 Å². The average molecular weight is 1170 g/mol. The van der Waals surface area contributed by atoms with Crippen LogP contribution in [0, 0.1) is 0 Å². The summed E-state index contributed by atoms with van der Waals surface area (Å²) in [6, 6.07) is 0. The van der Waals surface area contributed by atoms with Gasteiger partial charge in [-0.15, -0.1) is 0 Å². The summed E-state index contributed by atoms with van der Waals surface area (Å²) in [5.74, 6) is -0.856. The number of hydrogen-bond acceptors (Lipinski definition) is 6. The molecule has 1 atom stereocenters. The van der Waals surface area contributed by atoms with E-state index in [-0.39, 0.29) is 31.1 Å². The Bertz CT molecular complexity index is 1380. The molecule has 0 spiro atoms. The first-order valence-corrected chi connectivity index (χ1v) is 37.5. The van der Waals surface area contributed by atoms with E-state index in [9.17, 15) is 14.4 Å². The second kappa shape index (κ2) is 72.1. The summed E-state index contributed by atoms with van der Waals surface area (Å²) < 4.78 is 17.0. The molecule has 0 fully saturated rings. The van der Waals surface area contributed by atoms with E-state index in [1.807, 2.05) is 0 Å². The van der Waals surface area contributed by atoms with Gasteiger partial charge in [0.1, 0.15) is 13.2 Å². The number of hydrogen-bond donors (Lipinski definition) is 0. The first-order valence-electron chi connectivity index (χ1n) is 37.5. The van der Waals surface area contributed by atoms with Crippen LogP contribution in [0.15, 0.2) is 36.5 Å². The van der Waals surface area contributed by atoms with E-state index < -0.39 is 6.10 Å². The monoisotopic (exact) mass is 1170 g/mol. The highest BCUT2D eigenvalue weighted by atomic mass is 16.6. The van der Waals surface area contributed by atoms with Crippen molar-refractivity contribution in [3.63, 3.8) is 0 Å². The van der Waals surface area contributed by atoms with Gasteiger partial charge in [-0.3, -0.25) is 14.4 Å². The Morgan fingerprint density at radius 2 is 0.434 bits per heavy atom. The standard InChI is InChI=1S/C77H144O6/c1-4-7-10-13-16-19-22-25-28-29-30-31-32-33-34-35-36-37-38-39-40-41-42-43-44-45-46-47-50-52-55-58-61-64-67-70-76(79)82-73-74(83-77(80)71-68-65-62-59-56-53-49-27-24-21-18-15-12-9-6-3)72-81-75(78)69-66-63-60-57-54-51-48-26-23-20-17-14-11-8-5-2/h18,21,27,29-30,49,74H,4-17,19-20,22-26,28,31-48,50-73H2,1-3H3/b21-18-,30-29-,49-27-. The minimum atomic E-state index is -0.777. The maximum atomic E-state index is 12.9. The molecule has 0 amide bonds. The first-order chi connectivity index (χ1) is 41.0. The molecule has 0 aromatic carbocycles. The van der Waals surface area contributed by atoms with Gasteiger partial charge in [0.05, 0.1) is 0 Å². The molecule has 0 N–H and O–H groups in total. The van der Waals surface area contributed by atoms with E-state index in [1.165, 1.54) is 302 Å². The highest BCUT2D eigenvalue weighted by molar-refractivity contribution is 5.71. The molecule has 0 rings (SSSR count). The number of esters is 3. The number of unbranched alkanes of at least 4 members (excludes halogenated alkanes) is 53. The number of ether oxygens (including phenoxy) is 3. The summed E-state index contributed by atoms with van der Waals surface area (Å²) >= 11 is 0. The van der Waals surface area contributed by atoms with Crippen molar-refractivity contribution in [1.82, 2.24) is 0 Å². The molecule has 1 unspecified atom stereocenters. The third-order valence-electron chi connectivity index (χ3n) is 17.1. The third kappa shape index (κ3) is 70.3. The van der Waals surface area contributed by atoms with E-state index in [0.29, 0.717) is 19.3 Å². The summed E-state index contributed by atoms with van der Waals surface area (Å²) in [4.78, 5) is 38.4. The smallest absolute Gasteiger partial charge is 0.306 e. The van der Waals surface area contributed by atoms with Crippen LogP contribution in [0.1, 0.15) is 419 Å². The maximum Gasteiger partial charge on any atom is 0.306 e. The summed E-state index contributed by atoms with van der Waals surface area (Å²) in [7, 11) is 0. The number of carbonyl (C=O) groups excluding carboxylic acids is 3. The first kappa shape index (κ1) is 80.6. The highest BCUT2D eigenvalue weighted by Crippen LogP contribution is 2.19. The summed E-state index contributed by atoms with van der Waals surface area (Å²) in [5, 5.41) is 0. The fraction of sp³-hybridized carbons (Fsp3) is 0.883. The van der Waals surface area contributed by atoms with Crippen LogP contribution < -0.4 is 0 Å². The van der Waals surface area contributed by atoms with Crippen molar-refractivity contribution in [2.75, 3.05) is 13.2 Å². The quantitative estimate of drug-likeness (QED) is 0.0261. The second-order valence-electron chi connectivity index (χ2n) is 25.6. The fourth-order valence-electron chi connectivity index (χ4n) is 11.5. The SMILES string of the molecule is CCCCC/C=C\C/C=C\CCCCCCCC(=O)OC(COC(=O)CCCCCCCCCCCCCCCCC)COC(=O)CCCCCCCCCCCCCCCCCCCCCCCCC/C=C\CCCCCCCCCC. The fourth-order valence-corrected chi connectivity index (χ4v) is 11.5. The number of carbonyl (C=O) groups is 3. The molecule has 6 heteroatoms. The lowest BCUT2D eigenvalue weighted by atomic mass is 10.0. The van der Waals surface area contributed by atoms with Crippen molar-refractivity contribution in [2.45, 2.75) is 425 Å². The Morgan fingerprint density at radius 1 is 0.241 bits per heavy atom. The molecule has 0 heterocycles. The minimum Gasteiger partial charge on any atom is -0.462 e. The van der Waals surface area contributed by atoms with Crippen molar-refractivity contribution in [2.24, 2.45) is 0 Å². The van der Waals surface area contributed by atoms with E-state index >= 15 is 0 Å². The van der Waals surface area contributed by atoms with E-state index in [0.717, 1.165) is 77.0 Å². The third-order valence-corrected chi connectivity index (χ3v) is 17.1. The molecule has 0 aliphatic rings. The zero-order chi connectivity index (χ0) is 59.9. The molecule has 0 saturated carbocycles. The summed E-state index contributed by atoms with van der Waals surface area (Å²) in [6.07, 6.45) is 90.6. The molecule has 6 nitrogen and oxygen atoms in total. The normalized spacial score (nSPS) is 12.2. The summed E-state index contributed by atoms with van der Waals surface area (Å²) in [6.45, 7) is 6.68. The Kier molecular flexibility index (Phi) is 70.0. The largest absolute Gasteiger partial charge is 0.462 e. The Morgan fingerprint density at radius 3 is 0.699 bits per heavy atom. The van der Waals surface area contributed by atoms with E-state index in [1.54, 1.807) is 0 Å². The van der Waals surface area contributed by atoms with Gasteiger partial charge in [-0.05, 0) is 77.0 Å². The van der Waals surface area contributed by atoms with Gasteiger partial charge in [0.15, 0.2) is 6.10 Å². The van der Waals surface area contributed by atoms with Crippen LogP contribution in [0.5, 0.6) is 0 Å². The predicted molar refractivity (Wildman–Crippen MR) is 362 cm³/mol. The van der Waals surface area contributed by atoms with Gasteiger partial charge < -0.3 is 14.2 Å². The van der Waals surface area contributed by atoms with Crippen LogP contribution in [-0.2, 0) is 28.6 Å². The molecule has 0 aromatic rings. The average Bonchev–Trinajstić information content (AvgIpc) is 3.50. The Hall–Kier alpha value is -2.37. The Labute approximate surface area is 518 Å². The lowest BCUT2D eigenvalue weighted by Crippen LogP contribution is -2.30. The summed E-state index contributed by atoms with van der Waals surface area (Å²) in [5.41, 5.74) is 0. The van der Waals surface area contributed by atoms with Crippen LogP contribution in [-0.4, -0.2) is 37.2 Å². The van der Waals surface area contributed by atoms with Gasteiger partial charge in [0.25, 0.3) is 0 Å². The lowest BCUT2D eigenvalue weighted by Gasteiger charge is -2.18.